The van der Waals surface area contributed by atoms with E-state index < -0.39 is 17.9 Å². The molecule has 1 saturated heterocycles. The molecular formula is C20H21NO4. The van der Waals surface area contributed by atoms with Crippen LogP contribution >= 0.6 is 0 Å². The second kappa shape index (κ2) is 7.94. The molecule has 0 unspecified atom stereocenters. The molecule has 0 aliphatic carbocycles. The van der Waals surface area contributed by atoms with Crippen LogP contribution in [0.2, 0.25) is 0 Å². The zero-order valence-electron chi connectivity index (χ0n) is 13.8. The van der Waals surface area contributed by atoms with Gasteiger partial charge in [0, 0.05) is 12.5 Å². The minimum Gasteiger partial charge on any atom is -0.480 e. The molecule has 2 aromatic rings. The van der Waals surface area contributed by atoms with Gasteiger partial charge in [0.05, 0.1) is 12.5 Å². The van der Waals surface area contributed by atoms with Crippen molar-refractivity contribution >= 4 is 11.9 Å². The van der Waals surface area contributed by atoms with E-state index in [-0.39, 0.29) is 11.8 Å². The molecule has 1 aliphatic rings. The van der Waals surface area contributed by atoms with Crippen molar-refractivity contribution in [1.82, 2.24) is 5.32 Å². The van der Waals surface area contributed by atoms with Crippen LogP contribution < -0.4 is 5.32 Å². The van der Waals surface area contributed by atoms with E-state index in [1.807, 2.05) is 60.7 Å². The van der Waals surface area contributed by atoms with Crippen LogP contribution in [0, 0.1) is 5.92 Å². The van der Waals surface area contributed by atoms with Crippen LogP contribution in [-0.4, -0.2) is 36.2 Å². The monoisotopic (exact) mass is 339 g/mol. The van der Waals surface area contributed by atoms with E-state index in [1.165, 1.54) is 0 Å². The quantitative estimate of drug-likeness (QED) is 0.847. The number of benzene rings is 2. The fourth-order valence-corrected chi connectivity index (χ4v) is 3.20. The fraction of sp³-hybridized carbons (Fsp3) is 0.300. The number of nitrogens with one attached hydrogen (secondary N) is 1. The predicted octanol–water partition coefficient (Wildman–Crippen LogP) is 2.42. The summed E-state index contributed by atoms with van der Waals surface area (Å²) in [7, 11) is 0. The number of carbonyl (C=O) groups excluding carboxylic acids is 1. The van der Waals surface area contributed by atoms with Crippen LogP contribution in [0.3, 0.4) is 0 Å². The molecule has 1 aliphatic heterocycles. The van der Waals surface area contributed by atoms with Gasteiger partial charge in [0.2, 0.25) is 5.91 Å². The van der Waals surface area contributed by atoms with Crippen molar-refractivity contribution in [2.75, 3.05) is 13.2 Å². The van der Waals surface area contributed by atoms with Crippen molar-refractivity contribution in [1.29, 1.82) is 0 Å². The van der Waals surface area contributed by atoms with Gasteiger partial charge in [-0.3, -0.25) is 4.79 Å². The van der Waals surface area contributed by atoms with Crippen LogP contribution in [0.4, 0.5) is 0 Å². The van der Waals surface area contributed by atoms with E-state index in [2.05, 4.69) is 5.32 Å². The van der Waals surface area contributed by atoms with Crippen LogP contribution in [0.5, 0.6) is 0 Å². The van der Waals surface area contributed by atoms with Crippen LogP contribution in [0.1, 0.15) is 23.5 Å². The Morgan fingerprint density at radius 3 is 2.00 bits per heavy atom. The highest BCUT2D eigenvalue weighted by molar-refractivity contribution is 5.86. The van der Waals surface area contributed by atoms with Gasteiger partial charge in [-0.2, -0.15) is 0 Å². The first-order valence-electron chi connectivity index (χ1n) is 8.37. The third kappa shape index (κ3) is 4.06. The Morgan fingerprint density at radius 2 is 1.56 bits per heavy atom. The molecule has 2 N–H and O–H groups in total. The van der Waals surface area contributed by atoms with Crippen molar-refractivity contribution in [2.24, 2.45) is 5.92 Å². The molecule has 2 aromatic carbocycles. The summed E-state index contributed by atoms with van der Waals surface area (Å²) in [6, 6.07) is 17.8. The van der Waals surface area contributed by atoms with Gasteiger partial charge in [-0.05, 0) is 17.5 Å². The molecule has 5 heteroatoms. The summed E-state index contributed by atoms with van der Waals surface area (Å²) in [5.41, 5.74) is 1.70. The van der Waals surface area contributed by atoms with Gasteiger partial charge in [-0.15, -0.1) is 0 Å². The smallest absolute Gasteiger partial charge is 0.327 e. The molecule has 0 aromatic heterocycles. The number of rotatable bonds is 6. The van der Waals surface area contributed by atoms with Gasteiger partial charge < -0.3 is 15.2 Å². The van der Waals surface area contributed by atoms with Crippen molar-refractivity contribution < 1.29 is 19.4 Å². The van der Waals surface area contributed by atoms with Gasteiger partial charge >= 0.3 is 5.97 Å². The van der Waals surface area contributed by atoms with Crippen molar-refractivity contribution in [2.45, 2.75) is 18.4 Å². The molecule has 1 amide bonds. The Bertz CT molecular complexity index is 671. The first kappa shape index (κ1) is 17.2. The largest absolute Gasteiger partial charge is 0.480 e. The first-order chi connectivity index (χ1) is 12.2. The van der Waals surface area contributed by atoms with E-state index in [0.717, 1.165) is 11.1 Å². The lowest BCUT2D eigenvalue weighted by molar-refractivity contribution is -0.142. The summed E-state index contributed by atoms with van der Waals surface area (Å²) in [6.07, 6.45) is 0.625. The lowest BCUT2D eigenvalue weighted by atomic mass is 9.84. The third-order valence-corrected chi connectivity index (χ3v) is 4.52. The Labute approximate surface area is 146 Å². The highest BCUT2D eigenvalue weighted by atomic mass is 16.5. The number of ether oxygens (including phenoxy) is 1. The number of carboxylic acids is 1. The topological polar surface area (TPSA) is 75.6 Å². The maximum atomic E-state index is 12.5. The summed E-state index contributed by atoms with van der Waals surface area (Å²) in [6.45, 7) is 0.885. The summed E-state index contributed by atoms with van der Waals surface area (Å²) >= 11 is 0. The normalized spacial score (nSPS) is 18.0. The first-order valence-corrected chi connectivity index (χ1v) is 8.37. The number of hydrogen-bond donors (Lipinski definition) is 2. The molecule has 3 rings (SSSR count). The Hall–Kier alpha value is -2.66. The van der Waals surface area contributed by atoms with Crippen LogP contribution in [0.15, 0.2) is 60.7 Å². The average molecular weight is 339 g/mol. The van der Waals surface area contributed by atoms with Gasteiger partial charge in [0.25, 0.3) is 0 Å². The number of amides is 1. The zero-order chi connectivity index (χ0) is 17.6. The molecular weight excluding hydrogens is 318 g/mol. The molecule has 5 nitrogen and oxygen atoms in total. The Balaban J connectivity index is 1.93. The standard InChI is InChI=1S/C20H21NO4/c22-19(16-11-12-25-13-16)21-18(20(23)24)17(14-7-3-1-4-8-14)15-9-5-2-6-10-15/h1-10,16-18H,11-13H2,(H,21,22)(H,23,24)/t16-,18-/m0/s1. The molecule has 25 heavy (non-hydrogen) atoms. The van der Waals surface area contributed by atoms with E-state index in [4.69, 9.17) is 4.74 Å². The molecule has 0 saturated carbocycles. The molecule has 0 bridgehead atoms. The molecule has 0 radical (unpaired) electrons. The van der Waals surface area contributed by atoms with E-state index in [1.54, 1.807) is 0 Å². The van der Waals surface area contributed by atoms with Gasteiger partial charge in [-0.25, -0.2) is 4.79 Å². The maximum absolute atomic E-state index is 12.5. The average Bonchev–Trinajstić information content (AvgIpc) is 3.17. The van der Waals surface area contributed by atoms with Crippen molar-refractivity contribution in [3.05, 3.63) is 71.8 Å². The van der Waals surface area contributed by atoms with Gasteiger partial charge in [0.1, 0.15) is 6.04 Å². The van der Waals surface area contributed by atoms with E-state index >= 15 is 0 Å². The zero-order valence-corrected chi connectivity index (χ0v) is 13.8. The summed E-state index contributed by atoms with van der Waals surface area (Å²) in [5, 5.41) is 12.5. The van der Waals surface area contributed by atoms with Crippen molar-refractivity contribution in [3.63, 3.8) is 0 Å². The predicted molar refractivity (Wildman–Crippen MR) is 93.2 cm³/mol. The van der Waals surface area contributed by atoms with Gasteiger partial charge in [0.15, 0.2) is 0 Å². The van der Waals surface area contributed by atoms with Gasteiger partial charge in [-0.1, -0.05) is 60.7 Å². The molecule has 1 heterocycles. The van der Waals surface area contributed by atoms with E-state index in [9.17, 15) is 14.7 Å². The molecule has 2 atom stereocenters. The highest BCUT2D eigenvalue weighted by Gasteiger charge is 2.34. The van der Waals surface area contributed by atoms with Crippen LogP contribution in [-0.2, 0) is 14.3 Å². The lowest BCUT2D eigenvalue weighted by Gasteiger charge is -2.27. The number of carboxylic acid groups (broad SMARTS) is 1. The summed E-state index contributed by atoms with van der Waals surface area (Å²) < 4.78 is 5.24. The maximum Gasteiger partial charge on any atom is 0.327 e. The van der Waals surface area contributed by atoms with Crippen molar-refractivity contribution in [3.8, 4) is 0 Å². The second-order valence-electron chi connectivity index (χ2n) is 6.18. The number of hydrogen-bond acceptors (Lipinski definition) is 3. The second-order valence-corrected chi connectivity index (χ2v) is 6.18. The highest BCUT2D eigenvalue weighted by Crippen LogP contribution is 2.29. The third-order valence-electron chi connectivity index (χ3n) is 4.52. The summed E-state index contributed by atoms with van der Waals surface area (Å²) in [5.74, 6) is -2.06. The molecule has 0 spiro atoms. The van der Waals surface area contributed by atoms with E-state index in [0.29, 0.717) is 19.6 Å². The lowest BCUT2D eigenvalue weighted by Crippen LogP contribution is -2.47. The fourth-order valence-electron chi connectivity index (χ4n) is 3.20. The molecule has 130 valence electrons. The number of aliphatic carboxylic acids is 1. The Morgan fingerprint density at radius 1 is 1.00 bits per heavy atom. The number of carbonyl (C=O) groups is 2. The summed E-state index contributed by atoms with van der Waals surface area (Å²) in [4.78, 5) is 24.5. The minimum atomic E-state index is -1.05. The minimum absolute atomic E-state index is 0.262. The Kier molecular flexibility index (Phi) is 5.46. The molecule has 1 fully saturated rings. The SMILES string of the molecule is O=C(N[C@H](C(=O)O)C(c1ccccc1)c1ccccc1)[C@H]1CCOC1. The van der Waals surface area contributed by atoms with Crippen LogP contribution in [0.25, 0.3) is 0 Å².